The molecule has 1 aromatic carbocycles. The van der Waals surface area contributed by atoms with E-state index in [4.69, 9.17) is 4.42 Å². The van der Waals surface area contributed by atoms with Crippen molar-refractivity contribution in [2.24, 2.45) is 0 Å². The first-order chi connectivity index (χ1) is 8.74. The van der Waals surface area contributed by atoms with E-state index in [1.807, 2.05) is 30.3 Å². The van der Waals surface area contributed by atoms with Crippen LogP contribution in [-0.2, 0) is 11.3 Å². The highest BCUT2D eigenvalue weighted by Gasteiger charge is 2.03. The van der Waals surface area contributed by atoms with Crippen molar-refractivity contribution in [2.75, 3.05) is 5.75 Å². The zero-order chi connectivity index (χ0) is 12.8. The topological polar surface area (TPSA) is 42.2 Å². The van der Waals surface area contributed by atoms with Gasteiger partial charge in [0.25, 0.3) is 0 Å². The second kappa shape index (κ2) is 6.66. The minimum atomic E-state index is -0.000631. The fourth-order valence-corrected chi connectivity index (χ4v) is 2.32. The molecule has 0 aliphatic carbocycles. The van der Waals surface area contributed by atoms with E-state index in [-0.39, 0.29) is 5.91 Å². The molecule has 1 N–H and O–H groups in total. The number of carbonyl (C=O) groups is 1. The van der Waals surface area contributed by atoms with Crippen LogP contribution in [0.25, 0.3) is 0 Å². The lowest BCUT2D eigenvalue weighted by Gasteiger charge is -2.03. The van der Waals surface area contributed by atoms with Gasteiger partial charge in [-0.15, -0.1) is 11.8 Å². The third-order valence-electron chi connectivity index (χ3n) is 2.22. The van der Waals surface area contributed by atoms with Gasteiger partial charge in [0.2, 0.25) is 5.91 Å². The van der Waals surface area contributed by atoms with E-state index in [9.17, 15) is 4.79 Å². The number of carbonyl (C=O) groups excluding carboxylic acids is 1. The number of thioether (sulfide) groups is 1. The van der Waals surface area contributed by atoms with Gasteiger partial charge in [0.05, 0.1) is 18.6 Å². The van der Waals surface area contributed by atoms with Crippen LogP contribution in [0.3, 0.4) is 0 Å². The number of hydrogen-bond donors (Lipinski definition) is 1. The van der Waals surface area contributed by atoms with Gasteiger partial charge in [-0.2, -0.15) is 0 Å². The van der Waals surface area contributed by atoms with E-state index in [1.165, 1.54) is 11.8 Å². The number of benzene rings is 1. The third kappa shape index (κ3) is 4.23. The SMILES string of the molecule is O=C(CSc1ccc(Br)cc1)NCc1ccco1. The van der Waals surface area contributed by atoms with Gasteiger partial charge in [-0.3, -0.25) is 4.79 Å². The minimum absolute atomic E-state index is 0.000631. The molecule has 2 rings (SSSR count). The molecule has 0 saturated heterocycles. The van der Waals surface area contributed by atoms with Crippen LogP contribution in [0.1, 0.15) is 5.76 Å². The third-order valence-corrected chi connectivity index (χ3v) is 3.76. The zero-order valence-corrected chi connectivity index (χ0v) is 12.0. The molecule has 0 aliphatic heterocycles. The van der Waals surface area contributed by atoms with Crippen molar-refractivity contribution >= 4 is 33.6 Å². The lowest BCUT2D eigenvalue weighted by molar-refractivity contribution is -0.118. The number of hydrogen-bond acceptors (Lipinski definition) is 3. The average molecular weight is 326 g/mol. The largest absolute Gasteiger partial charge is 0.467 e. The molecule has 18 heavy (non-hydrogen) atoms. The van der Waals surface area contributed by atoms with Crippen molar-refractivity contribution in [3.63, 3.8) is 0 Å². The monoisotopic (exact) mass is 325 g/mol. The summed E-state index contributed by atoms with van der Waals surface area (Å²) in [6.45, 7) is 0.437. The standard InChI is InChI=1S/C13H12BrNO2S/c14-10-3-5-12(6-4-10)18-9-13(16)15-8-11-2-1-7-17-11/h1-7H,8-9H2,(H,15,16). The Balaban J connectivity index is 1.73. The summed E-state index contributed by atoms with van der Waals surface area (Å²) < 4.78 is 6.17. The van der Waals surface area contributed by atoms with Crippen LogP contribution in [0.4, 0.5) is 0 Å². The summed E-state index contributed by atoms with van der Waals surface area (Å²) in [6, 6.07) is 11.5. The van der Waals surface area contributed by atoms with Crippen LogP contribution in [0, 0.1) is 0 Å². The van der Waals surface area contributed by atoms with Crippen LogP contribution >= 0.6 is 27.7 Å². The fraction of sp³-hybridized carbons (Fsp3) is 0.154. The Hall–Kier alpha value is -1.20. The number of rotatable bonds is 5. The fourth-order valence-electron chi connectivity index (χ4n) is 1.33. The van der Waals surface area contributed by atoms with Crippen LogP contribution in [-0.4, -0.2) is 11.7 Å². The van der Waals surface area contributed by atoms with Crippen LogP contribution in [0.5, 0.6) is 0 Å². The zero-order valence-electron chi connectivity index (χ0n) is 9.56. The maximum absolute atomic E-state index is 11.6. The van der Waals surface area contributed by atoms with Crippen LogP contribution in [0.2, 0.25) is 0 Å². The molecule has 0 spiro atoms. The Bertz CT molecular complexity index is 496. The van der Waals surface area contributed by atoms with Crippen molar-refractivity contribution in [3.8, 4) is 0 Å². The Labute approximate surface area is 118 Å². The van der Waals surface area contributed by atoms with Gasteiger partial charge >= 0.3 is 0 Å². The molecule has 2 aromatic rings. The Kier molecular flexibility index (Phi) is 4.90. The van der Waals surface area contributed by atoms with Gasteiger partial charge in [0.15, 0.2) is 0 Å². The average Bonchev–Trinajstić information content (AvgIpc) is 2.89. The number of nitrogens with one attached hydrogen (secondary N) is 1. The first-order valence-corrected chi connectivity index (χ1v) is 7.19. The molecule has 1 amide bonds. The van der Waals surface area contributed by atoms with Crippen molar-refractivity contribution in [1.82, 2.24) is 5.32 Å². The Morgan fingerprint density at radius 1 is 1.28 bits per heavy atom. The molecule has 1 heterocycles. The van der Waals surface area contributed by atoms with Gasteiger partial charge in [0.1, 0.15) is 5.76 Å². The first-order valence-electron chi connectivity index (χ1n) is 5.41. The smallest absolute Gasteiger partial charge is 0.230 e. The highest BCUT2D eigenvalue weighted by atomic mass is 79.9. The summed E-state index contributed by atoms with van der Waals surface area (Å²) in [7, 11) is 0. The second-order valence-electron chi connectivity index (χ2n) is 3.60. The first kappa shape index (κ1) is 13.2. The molecular formula is C13H12BrNO2S. The molecule has 0 saturated carbocycles. The lowest BCUT2D eigenvalue weighted by Crippen LogP contribution is -2.24. The van der Waals surface area contributed by atoms with E-state index in [2.05, 4.69) is 21.2 Å². The van der Waals surface area contributed by atoms with Gasteiger partial charge in [-0.1, -0.05) is 15.9 Å². The second-order valence-corrected chi connectivity index (χ2v) is 5.56. The van der Waals surface area contributed by atoms with Crippen molar-refractivity contribution in [3.05, 3.63) is 52.9 Å². The van der Waals surface area contributed by atoms with Gasteiger partial charge in [-0.05, 0) is 36.4 Å². The summed E-state index contributed by atoms with van der Waals surface area (Å²) in [5.74, 6) is 1.17. The van der Waals surface area contributed by atoms with Gasteiger partial charge in [-0.25, -0.2) is 0 Å². The summed E-state index contributed by atoms with van der Waals surface area (Å²) >= 11 is 4.88. The maximum atomic E-state index is 11.6. The molecule has 5 heteroatoms. The summed E-state index contributed by atoms with van der Waals surface area (Å²) in [6.07, 6.45) is 1.60. The predicted molar refractivity (Wildman–Crippen MR) is 75.4 cm³/mol. The van der Waals surface area contributed by atoms with E-state index in [0.717, 1.165) is 15.1 Å². The van der Waals surface area contributed by atoms with Crippen molar-refractivity contribution in [1.29, 1.82) is 0 Å². The highest BCUT2D eigenvalue weighted by molar-refractivity contribution is 9.10. The van der Waals surface area contributed by atoms with Crippen molar-refractivity contribution in [2.45, 2.75) is 11.4 Å². The number of amides is 1. The molecule has 0 unspecified atom stereocenters. The van der Waals surface area contributed by atoms with Crippen LogP contribution in [0.15, 0.2) is 56.4 Å². The van der Waals surface area contributed by atoms with Crippen molar-refractivity contribution < 1.29 is 9.21 Å². The molecule has 0 radical (unpaired) electrons. The van der Waals surface area contributed by atoms with Gasteiger partial charge in [0, 0.05) is 9.37 Å². The normalized spacial score (nSPS) is 10.3. The Morgan fingerprint density at radius 3 is 2.72 bits per heavy atom. The lowest BCUT2D eigenvalue weighted by atomic mass is 10.4. The maximum Gasteiger partial charge on any atom is 0.230 e. The van der Waals surface area contributed by atoms with Gasteiger partial charge < -0.3 is 9.73 Å². The molecular weight excluding hydrogens is 314 g/mol. The quantitative estimate of drug-likeness (QED) is 0.856. The molecule has 3 nitrogen and oxygen atoms in total. The number of halogens is 1. The molecule has 0 aliphatic rings. The molecule has 0 bridgehead atoms. The summed E-state index contributed by atoms with van der Waals surface area (Å²) in [5.41, 5.74) is 0. The van der Waals surface area contributed by atoms with Crippen LogP contribution < -0.4 is 5.32 Å². The molecule has 0 atom stereocenters. The molecule has 0 fully saturated rings. The van der Waals surface area contributed by atoms with E-state index < -0.39 is 0 Å². The summed E-state index contributed by atoms with van der Waals surface area (Å²) in [5, 5.41) is 2.80. The number of furan rings is 1. The van der Waals surface area contributed by atoms with E-state index in [0.29, 0.717) is 12.3 Å². The predicted octanol–water partition coefficient (Wildman–Crippen LogP) is 3.45. The summed E-state index contributed by atoms with van der Waals surface area (Å²) in [4.78, 5) is 12.7. The Morgan fingerprint density at radius 2 is 2.06 bits per heavy atom. The minimum Gasteiger partial charge on any atom is -0.467 e. The van der Waals surface area contributed by atoms with E-state index >= 15 is 0 Å². The van der Waals surface area contributed by atoms with E-state index in [1.54, 1.807) is 12.3 Å². The molecule has 94 valence electrons. The molecule has 1 aromatic heterocycles. The highest BCUT2D eigenvalue weighted by Crippen LogP contribution is 2.20.